The Morgan fingerprint density at radius 2 is 2.30 bits per heavy atom. The maximum Gasteiger partial charge on any atom is 0.359 e. The fourth-order valence-electron chi connectivity index (χ4n) is 1.63. The highest BCUT2D eigenvalue weighted by molar-refractivity contribution is 5.87. The second kappa shape index (κ2) is 6.31. The van der Waals surface area contributed by atoms with Gasteiger partial charge in [-0.05, 0) is 12.5 Å². The number of hydrogen-bond acceptors (Lipinski definition) is 6. The standard InChI is InChI=1S/C13H18N4O3/c1-4-5-9-6-10(16-15-9)13(18)19-7-11-14-12(8(2)3)17-20-11/h6,8H,4-5,7H2,1-3H3,(H,15,16). The maximum atomic E-state index is 11.8. The molecule has 2 rings (SSSR count). The van der Waals surface area contributed by atoms with Crippen LogP contribution in [0, 0.1) is 0 Å². The summed E-state index contributed by atoms with van der Waals surface area (Å²) < 4.78 is 10.1. The first-order valence-electron chi connectivity index (χ1n) is 6.64. The van der Waals surface area contributed by atoms with Crippen LogP contribution >= 0.6 is 0 Å². The molecular weight excluding hydrogens is 260 g/mol. The van der Waals surface area contributed by atoms with Gasteiger partial charge in [0, 0.05) is 11.6 Å². The van der Waals surface area contributed by atoms with Gasteiger partial charge in [-0.25, -0.2) is 4.79 Å². The predicted molar refractivity (Wildman–Crippen MR) is 70.1 cm³/mol. The molecule has 0 radical (unpaired) electrons. The Kier molecular flexibility index (Phi) is 4.49. The van der Waals surface area contributed by atoms with Gasteiger partial charge < -0.3 is 9.26 Å². The zero-order chi connectivity index (χ0) is 14.5. The van der Waals surface area contributed by atoms with Gasteiger partial charge >= 0.3 is 5.97 Å². The average Bonchev–Trinajstić information content (AvgIpc) is 3.05. The Bertz CT molecular complexity index is 574. The van der Waals surface area contributed by atoms with E-state index in [-0.39, 0.29) is 24.1 Å². The van der Waals surface area contributed by atoms with Gasteiger partial charge in [0.05, 0.1) is 0 Å². The molecule has 2 aromatic heterocycles. The molecule has 0 bridgehead atoms. The molecule has 0 saturated carbocycles. The van der Waals surface area contributed by atoms with Crippen LogP contribution in [0.1, 0.15) is 61.0 Å². The number of carbonyl (C=O) groups is 1. The van der Waals surface area contributed by atoms with Crippen molar-refractivity contribution in [3.63, 3.8) is 0 Å². The van der Waals surface area contributed by atoms with E-state index in [1.165, 1.54) is 0 Å². The van der Waals surface area contributed by atoms with Crippen LogP contribution in [0.4, 0.5) is 0 Å². The summed E-state index contributed by atoms with van der Waals surface area (Å²) in [6, 6.07) is 1.69. The van der Waals surface area contributed by atoms with Gasteiger partial charge in [-0.15, -0.1) is 0 Å². The van der Waals surface area contributed by atoms with Crippen molar-refractivity contribution in [1.82, 2.24) is 20.3 Å². The number of hydrogen-bond donors (Lipinski definition) is 1. The van der Waals surface area contributed by atoms with E-state index in [0.29, 0.717) is 5.82 Å². The van der Waals surface area contributed by atoms with Crippen LogP contribution in [0.5, 0.6) is 0 Å². The first-order valence-corrected chi connectivity index (χ1v) is 6.64. The number of aromatic amines is 1. The van der Waals surface area contributed by atoms with Crippen LogP contribution in [0.3, 0.4) is 0 Å². The zero-order valence-electron chi connectivity index (χ0n) is 11.8. The number of aryl methyl sites for hydroxylation is 1. The monoisotopic (exact) mass is 278 g/mol. The van der Waals surface area contributed by atoms with E-state index in [1.807, 2.05) is 13.8 Å². The molecule has 0 aliphatic rings. The van der Waals surface area contributed by atoms with Gasteiger partial charge in [-0.1, -0.05) is 32.3 Å². The molecule has 108 valence electrons. The lowest BCUT2D eigenvalue weighted by Crippen LogP contribution is -2.06. The summed E-state index contributed by atoms with van der Waals surface area (Å²) in [6.45, 7) is 5.93. The topological polar surface area (TPSA) is 93.9 Å². The predicted octanol–water partition coefficient (Wildman–Crippen LogP) is 2.23. The molecule has 20 heavy (non-hydrogen) atoms. The van der Waals surface area contributed by atoms with Crippen LogP contribution in [0.25, 0.3) is 0 Å². The van der Waals surface area contributed by atoms with Crippen LogP contribution in [-0.4, -0.2) is 26.3 Å². The quantitative estimate of drug-likeness (QED) is 0.814. The molecule has 7 heteroatoms. The first-order chi connectivity index (χ1) is 9.60. The fraction of sp³-hybridized carbons (Fsp3) is 0.538. The lowest BCUT2D eigenvalue weighted by molar-refractivity contribution is 0.0423. The van der Waals surface area contributed by atoms with Gasteiger partial charge in [-0.2, -0.15) is 10.1 Å². The van der Waals surface area contributed by atoms with Gasteiger partial charge in [0.25, 0.3) is 5.89 Å². The molecular formula is C13H18N4O3. The number of esters is 1. The average molecular weight is 278 g/mol. The van der Waals surface area contributed by atoms with Crippen LogP contribution in [-0.2, 0) is 17.8 Å². The molecule has 0 aliphatic carbocycles. The summed E-state index contributed by atoms with van der Waals surface area (Å²) in [7, 11) is 0. The summed E-state index contributed by atoms with van der Waals surface area (Å²) in [5.41, 5.74) is 1.18. The summed E-state index contributed by atoms with van der Waals surface area (Å²) >= 11 is 0. The number of nitrogens with zero attached hydrogens (tertiary/aromatic N) is 3. The van der Waals surface area contributed by atoms with Crippen molar-refractivity contribution in [2.24, 2.45) is 0 Å². The molecule has 1 N–H and O–H groups in total. The van der Waals surface area contributed by atoms with Crippen molar-refractivity contribution in [1.29, 1.82) is 0 Å². The maximum absolute atomic E-state index is 11.8. The Morgan fingerprint density at radius 1 is 1.50 bits per heavy atom. The van der Waals surface area contributed by atoms with Crippen LogP contribution in [0.15, 0.2) is 10.6 Å². The van der Waals surface area contributed by atoms with E-state index in [4.69, 9.17) is 9.26 Å². The van der Waals surface area contributed by atoms with Crippen molar-refractivity contribution in [3.8, 4) is 0 Å². The third-order valence-corrected chi connectivity index (χ3v) is 2.69. The van der Waals surface area contributed by atoms with Crippen molar-refractivity contribution in [2.45, 2.75) is 46.1 Å². The molecule has 0 amide bonds. The van der Waals surface area contributed by atoms with Gasteiger partial charge in [0.2, 0.25) is 0 Å². The molecule has 0 unspecified atom stereocenters. The van der Waals surface area contributed by atoms with Crippen LogP contribution < -0.4 is 0 Å². The first kappa shape index (κ1) is 14.2. The normalized spacial score (nSPS) is 11.0. The molecule has 0 atom stereocenters. The third-order valence-electron chi connectivity index (χ3n) is 2.69. The Balaban J connectivity index is 1.90. The molecule has 0 saturated heterocycles. The van der Waals surface area contributed by atoms with Gasteiger partial charge in [0.1, 0.15) is 0 Å². The number of rotatable bonds is 6. The third kappa shape index (κ3) is 3.43. The van der Waals surface area contributed by atoms with Gasteiger partial charge in [0.15, 0.2) is 18.1 Å². The number of carbonyl (C=O) groups excluding carboxylic acids is 1. The highest BCUT2D eigenvalue weighted by Gasteiger charge is 2.15. The molecule has 0 aliphatic heterocycles. The summed E-state index contributed by atoms with van der Waals surface area (Å²) in [4.78, 5) is 15.9. The minimum atomic E-state index is -0.507. The highest BCUT2D eigenvalue weighted by Crippen LogP contribution is 2.11. The van der Waals surface area contributed by atoms with E-state index in [1.54, 1.807) is 6.07 Å². The Labute approximate surface area is 116 Å². The minimum absolute atomic E-state index is 0.0471. The Hall–Kier alpha value is -2.18. The molecule has 0 aromatic carbocycles. The number of ether oxygens (including phenoxy) is 1. The highest BCUT2D eigenvalue weighted by atomic mass is 16.6. The fourth-order valence-corrected chi connectivity index (χ4v) is 1.63. The van der Waals surface area contributed by atoms with Crippen molar-refractivity contribution >= 4 is 5.97 Å². The second-order valence-corrected chi connectivity index (χ2v) is 4.81. The molecule has 0 fully saturated rings. The minimum Gasteiger partial charge on any atom is -0.451 e. The van der Waals surface area contributed by atoms with Crippen molar-refractivity contribution < 1.29 is 14.1 Å². The summed E-state index contributed by atoms with van der Waals surface area (Å²) in [6.07, 6.45) is 1.83. The lowest BCUT2D eigenvalue weighted by Gasteiger charge is -1.97. The molecule has 2 heterocycles. The number of aromatic nitrogens is 4. The van der Waals surface area contributed by atoms with Crippen molar-refractivity contribution in [3.05, 3.63) is 29.2 Å². The van der Waals surface area contributed by atoms with E-state index >= 15 is 0 Å². The Morgan fingerprint density at radius 3 is 2.95 bits per heavy atom. The van der Waals surface area contributed by atoms with E-state index in [0.717, 1.165) is 18.5 Å². The SMILES string of the molecule is CCCc1cc(C(=O)OCc2nc(C(C)C)no2)n[nH]1. The second-order valence-electron chi connectivity index (χ2n) is 4.81. The summed E-state index contributed by atoms with van der Waals surface area (Å²) in [5.74, 6) is 0.548. The molecule has 2 aromatic rings. The van der Waals surface area contributed by atoms with E-state index in [9.17, 15) is 4.79 Å². The van der Waals surface area contributed by atoms with Gasteiger partial charge in [-0.3, -0.25) is 5.10 Å². The molecule has 7 nitrogen and oxygen atoms in total. The molecule has 0 spiro atoms. The lowest BCUT2D eigenvalue weighted by atomic mass is 10.2. The van der Waals surface area contributed by atoms with E-state index in [2.05, 4.69) is 27.3 Å². The smallest absolute Gasteiger partial charge is 0.359 e. The van der Waals surface area contributed by atoms with Crippen LogP contribution in [0.2, 0.25) is 0 Å². The van der Waals surface area contributed by atoms with E-state index < -0.39 is 5.97 Å². The largest absolute Gasteiger partial charge is 0.451 e. The number of H-pyrrole nitrogens is 1. The van der Waals surface area contributed by atoms with Crippen molar-refractivity contribution in [2.75, 3.05) is 0 Å². The summed E-state index contributed by atoms with van der Waals surface area (Å²) in [5, 5.41) is 10.5. The zero-order valence-corrected chi connectivity index (χ0v) is 11.8. The number of nitrogens with one attached hydrogen (secondary N) is 1.